The smallest absolute Gasteiger partial charge is 0.281 e. The Balaban J connectivity index is 2.02. The molecule has 0 amide bonds. The van der Waals surface area contributed by atoms with Crippen LogP contribution in [0.25, 0.3) is 11.0 Å². The monoisotopic (exact) mass is 317 g/mol. The van der Waals surface area contributed by atoms with Crippen LogP contribution in [-0.2, 0) is 13.6 Å². The van der Waals surface area contributed by atoms with Crippen molar-refractivity contribution in [1.82, 2.24) is 24.2 Å². The number of fused-ring (bicyclic) bond motifs is 1. The fourth-order valence-corrected chi connectivity index (χ4v) is 3.68. The lowest BCUT2D eigenvalue weighted by Gasteiger charge is -2.24. The fourth-order valence-electron chi connectivity index (χ4n) is 2.57. The molecule has 116 valence electrons. The van der Waals surface area contributed by atoms with Crippen molar-refractivity contribution >= 4 is 22.4 Å². The summed E-state index contributed by atoms with van der Waals surface area (Å²) in [7, 11) is 5.85. The van der Waals surface area contributed by atoms with Gasteiger partial charge in [-0.05, 0) is 38.0 Å². The lowest BCUT2D eigenvalue weighted by Crippen LogP contribution is -2.30. The highest BCUT2D eigenvalue weighted by atomic mass is 32.1. The summed E-state index contributed by atoms with van der Waals surface area (Å²) in [5.41, 5.74) is 2.22. The molecule has 3 rings (SSSR count). The molecule has 6 nitrogen and oxygen atoms in total. The molecule has 0 saturated carbocycles. The minimum atomic E-state index is -0.0911. The molecule has 3 aromatic rings. The topological polar surface area (TPSA) is 56.0 Å². The Morgan fingerprint density at radius 3 is 2.82 bits per heavy atom. The first-order valence-electron chi connectivity index (χ1n) is 7.06. The molecule has 0 fully saturated rings. The predicted octanol–water partition coefficient (Wildman–Crippen LogP) is 1.80. The van der Waals surface area contributed by atoms with Gasteiger partial charge in [-0.25, -0.2) is 4.98 Å². The average molecular weight is 317 g/mol. The molecular weight excluding hydrogens is 298 g/mol. The quantitative estimate of drug-likeness (QED) is 0.736. The van der Waals surface area contributed by atoms with Gasteiger partial charge in [-0.1, -0.05) is 0 Å². The zero-order valence-electron chi connectivity index (χ0n) is 13.1. The number of rotatable bonds is 4. The molecule has 3 heterocycles. The number of hydrogen-bond acceptors (Lipinski definition) is 5. The number of hydrogen-bond donors (Lipinski definition) is 0. The second-order valence-corrected chi connectivity index (χ2v) is 6.63. The van der Waals surface area contributed by atoms with Gasteiger partial charge in [0.2, 0.25) is 0 Å². The molecule has 0 saturated heterocycles. The van der Waals surface area contributed by atoms with Gasteiger partial charge in [-0.2, -0.15) is 5.10 Å². The van der Waals surface area contributed by atoms with Gasteiger partial charge in [0.1, 0.15) is 5.52 Å². The molecular formula is C15H19N5OS. The van der Waals surface area contributed by atoms with Gasteiger partial charge in [0.15, 0.2) is 5.52 Å². The van der Waals surface area contributed by atoms with Gasteiger partial charge >= 0.3 is 0 Å². The second kappa shape index (κ2) is 5.66. The summed E-state index contributed by atoms with van der Waals surface area (Å²) in [6.45, 7) is 2.66. The summed E-state index contributed by atoms with van der Waals surface area (Å²) in [6.07, 6.45) is 3.37. The van der Waals surface area contributed by atoms with Crippen molar-refractivity contribution in [2.24, 2.45) is 7.05 Å². The first-order valence-corrected chi connectivity index (χ1v) is 7.94. The van der Waals surface area contributed by atoms with Crippen molar-refractivity contribution in [2.75, 3.05) is 14.1 Å². The van der Waals surface area contributed by atoms with Gasteiger partial charge in [-0.3, -0.25) is 14.0 Å². The summed E-state index contributed by atoms with van der Waals surface area (Å²) in [5.74, 6) is 0. The lowest BCUT2D eigenvalue weighted by atomic mass is 10.1. The van der Waals surface area contributed by atoms with E-state index in [9.17, 15) is 4.79 Å². The number of thiophene rings is 1. The van der Waals surface area contributed by atoms with Crippen LogP contribution in [-0.4, -0.2) is 38.3 Å². The van der Waals surface area contributed by atoms with Gasteiger partial charge in [0.05, 0.1) is 18.6 Å². The Bertz CT molecular complexity index is 860. The normalized spacial score (nSPS) is 13.1. The maximum atomic E-state index is 12.6. The van der Waals surface area contributed by atoms with E-state index < -0.39 is 0 Å². The van der Waals surface area contributed by atoms with Crippen molar-refractivity contribution in [3.05, 3.63) is 44.8 Å². The summed E-state index contributed by atoms with van der Waals surface area (Å²) in [6, 6.07) is 2.25. The lowest BCUT2D eigenvalue weighted by molar-refractivity contribution is 0.269. The Labute approximate surface area is 132 Å². The largest absolute Gasteiger partial charge is 0.300 e. The van der Waals surface area contributed by atoms with Crippen LogP contribution in [0.1, 0.15) is 16.5 Å². The van der Waals surface area contributed by atoms with E-state index in [2.05, 4.69) is 33.4 Å². The van der Waals surface area contributed by atoms with Crippen LogP contribution in [0.3, 0.4) is 0 Å². The maximum Gasteiger partial charge on any atom is 0.281 e. The predicted molar refractivity (Wildman–Crippen MR) is 88.3 cm³/mol. The first kappa shape index (κ1) is 14.9. The molecule has 0 radical (unpaired) electrons. The van der Waals surface area contributed by atoms with E-state index in [1.54, 1.807) is 40.2 Å². The average Bonchev–Trinajstić information content (AvgIpc) is 3.04. The Morgan fingerprint density at radius 1 is 1.41 bits per heavy atom. The van der Waals surface area contributed by atoms with E-state index in [0.717, 1.165) is 0 Å². The van der Waals surface area contributed by atoms with Crippen molar-refractivity contribution < 1.29 is 0 Å². The van der Waals surface area contributed by atoms with Gasteiger partial charge < -0.3 is 4.90 Å². The van der Waals surface area contributed by atoms with Crippen LogP contribution in [0.2, 0.25) is 0 Å². The van der Waals surface area contributed by atoms with E-state index >= 15 is 0 Å². The van der Waals surface area contributed by atoms with Crippen LogP contribution in [0.5, 0.6) is 0 Å². The first-order chi connectivity index (χ1) is 10.5. The third kappa shape index (κ3) is 2.57. The molecule has 0 aliphatic carbocycles. The van der Waals surface area contributed by atoms with Crippen molar-refractivity contribution in [2.45, 2.75) is 19.5 Å². The molecule has 22 heavy (non-hydrogen) atoms. The van der Waals surface area contributed by atoms with Gasteiger partial charge in [-0.15, -0.1) is 11.3 Å². The number of aryl methyl sites for hydroxylation is 2. The Kier molecular flexibility index (Phi) is 3.84. The van der Waals surface area contributed by atoms with Crippen molar-refractivity contribution in [1.29, 1.82) is 0 Å². The summed E-state index contributed by atoms with van der Waals surface area (Å²) in [5, 5.41) is 6.30. The second-order valence-electron chi connectivity index (χ2n) is 5.69. The van der Waals surface area contributed by atoms with E-state index in [1.165, 1.54) is 10.4 Å². The molecule has 1 atom stereocenters. The highest BCUT2D eigenvalue weighted by Crippen LogP contribution is 2.28. The van der Waals surface area contributed by atoms with Crippen molar-refractivity contribution in [3.63, 3.8) is 0 Å². The van der Waals surface area contributed by atoms with Crippen LogP contribution in [0, 0.1) is 6.92 Å². The Morgan fingerprint density at radius 2 is 2.18 bits per heavy atom. The van der Waals surface area contributed by atoms with Crippen molar-refractivity contribution in [3.8, 4) is 0 Å². The summed E-state index contributed by atoms with van der Waals surface area (Å²) in [4.78, 5) is 20.3. The highest BCUT2D eigenvalue weighted by molar-refractivity contribution is 7.10. The summed E-state index contributed by atoms with van der Waals surface area (Å²) < 4.78 is 3.27. The molecule has 0 N–H and O–H groups in total. The zero-order valence-corrected chi connectivity index (χ0v) is 14.0. The molecule has 0 aromatic carbocycles. The molecule has 0 unspecified atom stereocenters. The molecule has 7 heteroatoms. The number of aromatic nitrogens is 4. The van der Waals surface area contributed by atoms with Crippen LogP contribution < -0.4 is 5.56 Å². The maximum absolute atomic E-state index is 12.6. The third-order valence-electron chi connectivity index (χ3n) is 3.81. The number of likely N-dealkylation sites (N-methyl/N-ethyl adjacent to an activating group) is 1. The minimum Gasteiger partial charge on any atom is -0.300 e. The zero-order chi connectivity index (χ0) is 15.9. The summed E-state index contributed by atoms with van der Waals surface area (Å²) >= 11 is 1.72. The molecule has 3 aromatic heterocycles. The van der Waals surface area contributed by atoms with E-state index in [1.807, 2.05) is 14.1 Å². The van der Waals surface area contributed by atoms with Crippen LogP contribution in [0.4, 0.5) is 0 Å². The highest BCUT2D eigenvalue weighted by Gasteiger charge is 2.20. The molecule has 0 spiro atoms. The van der Waals surface area contributed by atoms with E-state index in [-0.39, 0.29) is 11.6 Å². The molecule has 0 aliphatic heterocycles. The number of nitrogens with zero attached hydrogens (tertiary/aromatic N) is 5. The molecule has 0 bridgehead atoms. The van der Waals surface area contributed by atoms with Gasteiger partial charge in [0.25, 0.3) is 5.56 Å². The third-order valence-corrected chi connectivity index (χ3v) is 4.93. The minimum absolute atomic E-state index is 0.0911. The van der Waals surface area contributed by atoms with Crippen LogP contribution >= 0.6 is 11.3 Å². The Hall–Kier alpha value is -1.99. The standard InChI is InChI=1S/C15H19N5OS/c1-10-5-6-22-14(10)12(18(2)3)8-20-9-16-11-7-19(4)17-13(11)15(20)21/h5-7,9,12H,8H2,1-4H3/t12-/m0/s1. The van der Waals surface area contributed by atoms with E-state index in [0.29, 0.717) is 17.6 Å². The fraction of sp³-hybridized carbons (Fsp3) is 0.400. The van der Waals surface area contributed by atoms with Gasteiger partial charge in [0, 0.05) is 18.5 Å². The van der Waals surface area contributed by atoms with Crippen LogP contribution in [0.15, 0.2) is 28.8 Å². The molecule has 0 aliphatic rings. The SMILES string of the molecule is Cc1ccsc1[C@H](Cn1cnc2cn(C)nc2c1=O)N(C)C. The van der Waals surface area contributed by atoms with E-state index in [4.69, 9.17) is 0 Å².